The van der Waals surface area contributed by atoms with Crippen molar-refractivity contribution in [1.82, 2.24) is 14.8 Å². The summed E-state index contributed by atoms with van der Waals surface area (Å²) in [4.78, 5) is 20.5. The van der Waals surface area contributed by atoms with E-state index in [1.807, 2.05) is 49.7 Å². The molecule has 178 valence electrons. The number of nitrogens with zero attached hydrogens (tertiary/aromatic N) is 4. The van der Waals surface area contributed by atoms with Gasteiger partial charge in [-0.15, -0.1) is 0 Å². The molecule has 2 aliphatic rings. The van der Waals surface area contributed by atoms with Gasteiger partial charge >= 0.3 is 0 Å². The number of rotatable bonds is 2. The normalized spacial score (nSPS) is 17.0. The Kier molecular flexibility index (Phi) is 4.95. The number of Topliss-reactive ketones (excluding diaryl/α,β-unsaturated/α-hetero) is 1. The van der Waals surface area contributed by atoms with Gasteiger partial charge in [0.2, 0.25) is 0 Å². The molecule has 2 aromatic heterocycles. The van der Waals surface area contributed by atoms with Crippen molar-refractivity contribution in [2.45, 2.75) is 52.6 Å². The van der Waals surface area contributed by atoms with Gasteiger partial charge in [0.05, 0.1) is 23.4 Å². The molecule has 1 saturated heterocycles. The summed E-state index contributed by atoms with van der Waals surface area (Å²) in [6.07, 6.45) is 2.03. The summed E-state index contributed by atoms with van der Waals surface area (Å²) in [6.45, 7) is 9.83. The van der Waals surface area contributed by atoms with E-state index in [1.165, 1.54) is 5.56 Å². The van der Waals surface area contributed by atoms with Crippen molar-refractivity contribution in [1.29, 1.82) is 0 Å². The first kappa shape index (κ1) is 21.8. The van der Waals surface area contributed by atoms with Crippen LogP contribution in [0, 0.1) is 27.7 Å². The van der Waals surface area contributed by atoms with E-state index in [-0.39, 0.29) is 5.78 Å². The lowest BCUT2D eigenvalue weighted by Crippen LogP contribution is -2.51. The van der Waals surface area contributed by atoms with E-state index in [0.29, 0.717) is 6.42 Å². The molecule has 6 heteroatoms. The minimum absolute atomic E-state index is 0.198. The van der Waals surface area contributed by atoms with Gasteiger partial charge in [-0.05, 0) is 68.7 Å². The molecule has 2 aliphatic heterocycles. The second-order valence-electron chi connectivity index (χ2n) is 10.2. The Balaban J connectivity index is 1.30. The predicted octanol–water partition coefficient (Wildman–Crippen LogP) is 5.66. The number of carbonyl (C=O) groups excluding carboxylic acids is 1. The molecule has 0 N–H and O–H groups in total. The smallest absolute Gasteiger partial charge is 0.170 e. The third-order valence-electron chi connectivity index (χ3n) is 7.52. The molecule has 35 heavy (non-hydrogen) atoms. The summed E-state index contributed by atoms with van der Waals surface area (Å²) in [5.41, 5.74) is 6.50. The van der Waals surface area contributed by atoms with Crippen LogP contribution in [0.1, 0.15) is 52.0 Å². The van der Waals surface area contributed by atoms with Gasteiger partial charge in [-0.1, -0.05) is 24.3 Å². The van der Waals surface area contributed by atoms with Crippen molar-refractivity contribution in [3.63, 3.8) is 0 Å². The minimum Gasteiger partial charge on any atom is -0.486 e. The molecule has 1 spiro atoms. The van der Waals surface area contributed by atoms with Gasteiger partial charge in [0.25, 0.3) is 0 Å². The maximum absolute atomic E-state index is 13.1. The van der Waals surface area contributed by atoms with Crippen molar-refractivity contribution >= 4 is 22.6 Å². The summed E-state index contributed by atoms with van der Waals surface area (Å²) < 4.78 is 8.53. The molecule has 0 atom stereocenters. The predicted molar refractivity (Wildman–Crippen MR) is 138 cm³/mol. The summed E-state index contributed by atoms with van der Waals surface area (Å²) in [5.74, 6) is 1.93. The number of ketones is 1. The fraction of sp³-hybridized carbons (Fsp3) is 0.345. The van der Waals surface area contributed by atoms with Crippen LogP contribution in [-0.4, -0.2) is 39.2 Å². The fourth-order valence-electron chi connectivity index (χ4n) is 5.76. The third kappa shape index (κ3) is 3.59. The molecule has 0 bridgehead atoms. The zero-order valence-electron chi connectivity index (χ0n) is 20.8. The van der Waals surface area contributed by atoms with Crippen LogP contribution in [0.25, 0.3) is 16.7 Å². The summed E-state index contributed by atoms with van der Waals surface area (Å²) >= 11 is 0. The second-order valence-corrected chi connectivity index (χ2v) is 10.2. The number of piperidine rings is 1. The van der Waals surface area contributed by atoms with Crippen LogP contribution in [0.3, 0.4) is 0 Å². The first-order valence-corrected chi connectivity index (χ1v) is 12.3. The molecular formula is C29H30N4O2. The SMILES string of the molecule is Cc1cc(C)c2c(c1)C(=O)CC1(CCN(c3cc(C)c4c(C)nn(-c5ccccc5)c4n3)CC1)O2. The molecule has 0 saturated carbocycles. The Hall–Kier alpha value is -3.67. The zero-order valence-corrected chi connectivity index (χ0v) is 20.8. The van der Waals surface area contributed by atoms with Crippen LogP contribution in [0.15, 0.2) is 48.5 Å². The number of aryl methyl sites for hydroxylation is 4. The Morgan fingerprint density at radius 2 is 1.69 bits per heavy atom. The number of hydrogen-bond donors (Lipinski definition) is 0. The van der Waals surface area contributed by atoms with Crippen LogP contribution in [0.2, 0.25) is 0 Å². The largest absolute Gasteiger partial charge is 0.486 e. The summed E-state index contributed by atoms with van der Waals surface area (Å²) in [5, 5.41) is 5.90. The quantitative estimate of drug-likeness (QED) is 0.382. The number of carbonyl (C=O) groups is 1. The highest BCUT2D eigenvalue weighted by Crippen LogP contribution is 2.42. The molecule has 2 aromatic carbocycles. The van der Waals surface area contributed by atoms with Gasteiger partial charge in [0.15, 0.2) is 11.4 Å². The van der Waals surface area contributed by atoms with Gasteiger partial charge < -0.3 is 9.64 Å². The van der Waals surface area contributed by atoms with E-state index in [1.54, 1.807) is 0 Å². The van der Waals surface area contributed by atoms with Gasteiger partial charge in [0.1, 0.15) is 17.2 Å². The van der Waals surface area contributed by atoms with Gasteiger partial charge in [-0.3, -0.25) is 4.79 Å². The highest BCUT2D eigenvalue weighted by molar-refractivity contribution is 6.01. The Morgan fingerprint density at radius 1 is 0.943 bits per heavy atom. The molecule has 6 rings (SSSR count). The zero-order chi connectivity index (χ0) is 24.3. The van der Waals surface area contributed by atoms with Crippen LogP contribution >= 0.6 is 0 Å². The molecule has 0 aliphatic carbocycles. The first-order valence-electron chi connectivity index (χ1n) is 12.3. The Bertz CT molecular complexity index is 1460. The van der Waals surface area contributed by atoms with Crippen molar-refractivity contribution in [2.75, 3.05) is 18.0 Å². The van der Waals surface area contributed by atoms with E-state index < -0.39 is 5.60 Å². The average Bonchev–Trinajstić information content (AvgIpc) is 3.18. The van der Waals surface area contributed by atoms with E-state index in [0.717, 1.165) is 76.6 Å². The van der Waals surface area contributed by atoms with E-state index in [2.05, 4.69) is 36.1 Å². The number of benzene rings is 2. The Labute approximate surface area is 205 Å². The maximum Gasteiger partial charge on any atom is 0.170 e. The minimum atomic E-state index is -0.428. The first-order chi connectivity index (χ1) is 16.8. The lowest BCUT2D eigenvalue weighted by Gasteiger charge is -2.44. The van der Waals surface area contributed by atoms with Crippen LogP contribution in [-0.2, 0) is 0 Å². The van der Waals surface area contributed by atoms with Gasteiger partial charge in [-0.2, -0.15) is 5.10 Å². The van der Waals surface area contributed by atoms with Crippen molar-refractivity contribution in [3.8, 4) is 11.4 Å². The molecule has 4 heterocycles. The van der Waals surface area contributed by atoms with Crippen LogP contribution < -0.4 is 9.64 Å². The van der Waals surface area contributed by atoms with Crippen molar-refractivity contribution in [2.24, 2.45) is 0 Å². The highest BCUT2D eigenvalue weighted by Gasteiger charge is 2.43. The second kappa shape index (κ2) is 7.94. The topological polar surface area (TPSA) is 60.2 Å². The van der Waals surface area contributed by atoms with E-state index >= 15 is 0 Å². The molecule has 1 fully saturated rings. The number of ether oxygens (including phenoxy) is 1. The summed E-state index contributed by atoms with van der Waals surface area (Å²) in [6, 6.07) is 16.4. The number of hydrogen-bond acceptors (Lipinski definition) is 5. The number of anilines is 1. The van der Waals surface area contributed by atoms with Gasteiger partial charge in [-0.25, -0.2) is 9.67 Å². The summed E-state index contributed by atoms with van der Waals surface area (Å²) in [7, 11) is 0. The van der Waals surface area contributed by atoms with E-state index in [4.69, 9.17) is 14.8 Å². The molecule has 6 nitrogen and oxygen atoms in total. The molecule has 0 unspecified atom stereocenters. The highest BCUT2D eigenvalue weighted by atomic mass is 16.5. The molecular weight excluding hydrogens is 436 g/mol. The maximum atomic E-state index is 13.1. The van der Waals surface area contributed by atoms with Crippen molar-refractivity contribution in [3.05, 3.63) is 76.5 Å². The monoisotopic (exact) mass is 466 g/mol. The lowest BCUT2D eigenvalue weighted by molar-refractivity contribution is 0.0225. The number of para-hydroxylation sites is 1. The van der Waals surface area contributed by atoms with E-state index in [9.17, 15) is 4.79 Å². The standard InChI is InChI=1S/C29H30N4O2/c1-18-14-20(3)27-23(15-18)24(34)17-29(35-27)10-12-32(13-11-29)25-16-19(2)26-21(4)31-33(28(26)30-25)22-8-6-5-7-9-22/h5-9,14-16H,10-13,17H2,1-4H3. The number of fused-ring (bicyclic) bond motifs is 2. The average molecular weight is 467 g/mol. The Morgan fingerprint density at radius 3 is 2.43 bits per heavy atom. The lowest BCUT2D eigenvalue weighted by atomic mass is 9.81. The van der Waals surface area contributed by atoms with Crippen molar-refractivity contribution < 1.29 is 9.53 Å². The number of pyridine rings is 1. The fourth-order valence-corrected chi connectivity index (χ4v) is 5.76. The van der Waals surface area contributed by atoms with Gasteiger partial charge in [0, 0.05) is 31.3 Å². The molecule has 0 radical (unpaired) electrons. The van der Waals surface area contributed by atoms with Crippen LogP contribution in [0.5, 0.6) is 5.75 Å². The van der Waals surface area contributed by atoms with Crippen LogP contribution in [0.4, 0.5) is 5.82 Å². The molecule has 0 amide bonds. The number of aromatic nitrogens is 3. The third-order valence-corrected chi connectivity index (χ3v) is 7.52. The molecule has 4 aromatic rings.